The maximum absolute atomic E-state index is 12.0. The third kappa shape index (κ3) is 4.12. The minimum absolute atomic E-state index is 0.0912. The molecule has 6 nitrogen and oxygen atoms in total. The molecule has 22 heavy (non-hydrogen) atoms. The van der Waals surface area contributed by atoms with Crippen LogP contribution in [0.3, 0.4) is 0 Å². The Morgan fingerprint density at radius 2 is 1.86 bits per heavy atom. The summed E-state index contributed by atoms with van der Waals surface area (Å²) in [5, 5.41) is 0. The second kappa shape index (κ2) is 6.80. The van der Waals surface area contributed by atoms with Crippen LogP contribution in [0.15, 0.2) is 40.8 Å². The fraction of sp³-hybridized carbons (Fsp3) is 0.250. The number of benzene rings is 1. The van der Waals surface area contributed by atoms with Gasteiger partial charge in [0.25, 0.3) is 5.91 Å². The molecule has 0 fully saturated rings. The van der Waals surface area contributed by atoms with Crippen molar-refractivity contribution in [2.45, 2.75) is 13.5 Å². The molecule has 0 radical (unpaired) electrons. The third-order valence-electron chi connectivity index (χ3n) is 3.12. The number of likely N-dealkylation sites (N-methyl/N-ethyl adjacent to an activating group) is 1. The Hall–Kier alpha value is -2.76. The quantitative estimate of drug-likeness (QED) is 0.880. The molecule has 2 N–H and O–H groups in total. The van der Waals surface area contributed by atoms with Crippen LogP contribution >= 0.6 is 0 Å². The fourth-order valence-corrected chi connectivity index (χ4v) is 1.86. The molecule has 0 spiro atoms. The molecule has 0 aliphatic rings. The number of nitrogens with two attached hydrogens (primary N) is 1. The summed E-state index contributed by atoms with van der Waals surface area (Å²) >= 11 is 0. The minimum atomic E-state index is -0.504. The zero-order chi connectivity index (χ0) is 16.1. The maximum Gasteiger partial charge on any atom is 0.260 e. The Balaban J connectivity index is 1.85. The van der Waals surface area contributed by atoms with Gasteiger partial charge in [0.05, 0.1) is 6.54 Å². The van der Waals surface area contributed by atoms with E-state index in [0.717, 1.165) is 11.5 Å². The van der Waals surface area contributed by atoms with Crippen LogP contribution in [-0.4, -0.2) is 30.4 Å². The number of ether oxygens (including phenoxy) is 1. The first-order valence-corrected chi connectivity index (χ1v) is 6.77. The van der Waals surface area contributed by atoms with E-state index in [0.29, 0.717) is 17.9 Å². The molecule has 2 rings (SSSR count). The molecule has 0 aliphatic carbocycles. The van der Waals surface area contributed by atoms with Crippen molar-refractivity contribution >= 4 is 11.8 Å². The Morgan fingerprint density at radius 3 is 2.41 bits per heavy atom. The van der Waals surface area contributed by atoms with Gasteiger partial charge in [0.1, 0.15) is 17.3 Å². The van der Waals surface area contributed by atoms with Crippen LogP contribution in [0, 0.1) is 6.92 Å². The topological polar surface area (TPSA) is 85.8 Å². The smallest absolute Gasteiger partial charge is 0.260 e. The van der Waals surface area contributed by atoms with Crippen LogP contribution in [0.4, 0.5) is 0 Å². The van der Waals surface area contributed by atoms with Crippen molar-refractivity contribution < 1.29 is 18.7 Å². The van der Waals surface area contributed by atoms with Crippen molar-refractivity contribution in [1.29, 1.82) is 0 Å². The molecule has 0 saturated heterocycles. The monoisotopic (exact) mass is 302 g/mol. The van der Waals surface area contributed by atoms with Crippen molar-refractivity contribution in [1.82, 2.24) is 4.90 Å². The summed E-state index contributed by atoms with van der Waals surface area (Å²) in [4.78, 5) is 24.5. The molecule has 6 heteroatoms. The average Bonchev–Trinajstić information content (AvgIpc) is 2.90. The summed E-state index contributed by atoms with van der Waals surface area (Å²) < 4.78 is 10.8. The van der Waals surface area contributed by atoms with E-state index < -0.39 is 5.91 Å². The van der Waals surface area contributed by atoms with Gasteiger partial charge in [-0.15, -0.1) is 0 Å². The summed E-state index contributed by atoms with van der Waals surface area (Å²) in [6.07, 6.45) is 0. The molecule has 0 bridgehead atoms. The van der Waals surface area contributed by atoms with E-state index in [1.165, 1.54) is 4.90 Å². The molecular weight excluding hydrogens is 284 g/mol. The van der Waals surface area contributed by atoms with Crippen LogP contribution in [-0.2, 0) is 11.3 Å². The largest absolute Gasteiger partial charge is 0.484 e. The van der Waals surface area contributed by atoms with Crippen molar-refractivity contribution in [2.75, 3.05) is 13.7 Å². The van der Waals surface area contributed by atoms with Gasteiger partial charge in [-0.1, -0.05) is 0 Å². The van der Waals surface area contributed by atoms with E-state index in [4.69, 9.17) is 14.9 Å². The highest BCUT2D eigenvalue weighted by Gasteiger charge is 2.12. The molecule has 0 atom stereocenters. The van der Waals surface area contributed by atoms with E-state index in [2.05, 4.69) is 0 Å². The molecule has 1 aromatic carbocycles. The SMILES string of the molecule is Cc1ccc(CN(C)C(=O)COc2ccc(C(N)=O)cc2)o1. The number of carbonyl (C=O) groups excluding carboxylic acids is 2. The zero-order valence-electron chi connectivity index (χ0n) is 12.5. The van der Waals surface area contributed by atoms with Gasteiger partial charge in [-0.25, -0.2) is 0 Å². The highest BCUT2D eigenvalue weighted by Crippen LogP contribution is 2.13. The van der Waals surface area contributed by atoms with Crippen molar-refractivity contribution in [3.05, 3.63) is 53.5 Å². The Labute approximate surface area is 128 Å². The van der Waals surface area contributed by atoms with Crippen molar-refractivity contribution in [2.24, 2.45) is 5.73 Å². The molecule has 1 heterocycles. The predicted molar refractivity (Wildman–Crippen MR) is 80.4 cm³/mol. The van der Waals surface area contributed by atoms with Crippen LogP contribution in [0.25, 0.3) is 0 Å². The Kier molecular flexibility index (Phi) is 4.83. The molecule has 1 aromatic heterocycles. The van der Waals surface area contributed by atoms with Crippen LogP contribution in [0.2, 0.25) is 0 Å². The summed E-state index contributed by atoms with van der Waals surface area (Å²) in [5.74, 6) is 1.35. The van der Waals surface area contributed by atoms with Gasteiger partial charge < -0.3 is 19.8 Å². The number of nitrogens with zero attached hydrogens (tertiary/aromatic N) is 1. The molecule has 0 unspecified atom stereocenters. The molecule has 0 saturated carbocycles. The van der Waals surface area contributed by atoms with Crippen molar-refractivity contribution in [3.63, 3.8) is 0 Å². The lowest BCUT2D eigenvalue weighted by Gasteiger charge is -2.16. The summed E-state index contributed by atoms with van der Waals surface area (Å²) in [7, 11) is 1.68. The Morgan fingerprint density at radius 1 is 1.18 bits per heavy atom. The van der Waals surface area contributed by atoms with Gasteiger partial charge in [-0.2, -0.15) is 0 Å². The average molecular weight is 302 g/mol. The van der Waals surface area contributed by atoms with Crippen LogP contribution < -0.4 is 10.5 Å². The van der Waals surface area contributed by atoms with E-state index in [1.54, 1.807) is 31.3 Å². The second-order valence-corrected chi connectivity index (χ2v) is 4.94. The molecule has 116 valence electrons. The lowest BCUT2D eigenvalue weighted by atomic mass is 10.2. The number of carbonyl (C=O) groups is 2. The first-order chi connectivity index (χ1) is 10.5. The van der Waals surface area contributed by atoms with Gasteiger partial charge in [0.2, 0.25) is 5.91 Å². The van der Waals surface area contributed by atoms with E-state index in [1.807, 2.05) is 19.1 Å². The predicted octanol–water partition coefficient (Wildman–Crippen LogP) is 1.72. The van der Waals surface area contributed by atoms with Gasteiger partial charge in [0, 0.05) is 12.6 Å². The summed E-state index contributed by atoms with van der Waals surface area (Å²) in [6, 6.07) is 9.99. The highest BCUT2D eigenvalue weighted by atomic mass is 16.5. The number of rotatable bonds is 6. The first kappa shape index (κ1) is 15.6. The summed E-state index contributed by atoms with van der Waals surface area (Å²) in [5.41, 5.74) is 5.54. The van der Waals surface area contributed by atoms with E-state index >= 15 is 0 Å². The number of hydrogen-bond donors (Lipinski definition) is 1. The number of furan rings is 1. The third-order valence-corrected chi connectivity index (χ3v) is 3.12. The number of primary amides is 1. The second-order valence-electron chi connectivity index (χ2n) is 4.94. The van der Waals surface area contributed by atoms with Gasteiger partial charge in [0.15, 0.2) is 6.61 Å². The standard InChI is InChI=1S/C16H18N2O4/c1-11-3-6-14(22-11)9-18(2)15(19)10-21-13-7-4-12(5-8-13)16(17)20/h3-8H,9-10H2,1-2H3,(H2,17,20). The van der Waals surface area contributed by atoms with E-state index in [-0.39, 0.29) is 12.5 Å². The number of aryl methyl sites for hydroxylation is 1. The van der Waals surface area contributed by atoms with Gasteiger partial charge >= 0.3 is 0 Å². The molecule has 2 aromatic rings. The zero-order valence-corrected chi connectivity index (χ0v) is 12.5. The molecular formula is C16H18N2O4. The van der Waals surface area contributed by atoms with E-state index in [9.17, 15) is 9.59 Å². The molecule has 2 amide bonds. The summed E-state index contributed by atoms with van der Waals surface area (Å²) in [6.45, 7) is 2.15. The minimum Gasteiger partial charge on any atom is -0.484 e. The number of hydrogen-bond acceptors (Lipinski definition) is 4. The van der Waals surface area contributed by atoms with Crippen LogP contribution in [0.1, 0.15) is 21.9 Å². The highest BCUT2D eigenvalue weighted by molar-refractivity contribution is 5.92. The lowest BCUT2D eigenvalue weighted by molar-refractivity contribution is -0.132. The van der Waals surface area contributed by atoms with Crippen molar-refractivity contribution in [3.8, 4) is 5.75 Å². The maximum atomic E-state index is 12.0. The first-order valence-electron chi connectivity index (χ1n) is 6.77. The fourth-order valence-electron chi connectivity index (χ4n) is 1.86. The van der Waals surface area contributed by atoms with Crippen LogP contribution in [0.5, 0.6) is 5.75 Å². The van der Waals surface area contributed by atoms with Gasteiger partial charge in [-0.05, 0) is 43.3 Å². The van der Waals surface area contributed by atoms with Gasteiger partial charge in [-0.3, -0.25) is 9.59 Å². The normalized spacial score (nSPS) is 10.3. The molecule has 0 aliphatic heterocycles. The number of amides is 2. The Bertz CT molecular complexity index is 661. The lowest BCUT2D eigenvalue weighted by Crippen LogP contribution is -2.30.